The normalized spacial score (nSPS) is 11.1. The molecule has 0 aliphatic rings. The summed E-state index contributed by atoms with van der Waals surface area (Å²) in [6, 6.07) is 5.10. The standard InChI is InChI=1S/C8H11FIN2P/c1-6-4-3-5-7(9)8(6)12(11-2)13-10/h3-5,11,13H,1-2H3. The number of nitrogens with one attached hydrogen (secondary N) is 1. The number of aryl methyl sites for hydroxylation is 1. The van der Waals surface area contributed by atoms with Crippen LogP contribution < -0.4 is 10.2 Å². The smallest absolute Gasteiger partial charge is 0.148 e. The third-order valence-corrected chi connectivity index (χ3v) is 3.78. The fourth-order valence-corrected chi connectivity index (χ4v) is 3.00. The third kappa shape index (κ3) is 2.51. The summed E-state index contributed by atoms with van der Waals surface area (Å²) >= 11 is 2.21. The summed E-state index contributed by atoms with van der Waals surface area (Å²) in [5.41, 5.74) is 4.53. The van der Waals surface area contributed by atoms with Crippen LogP contribution in [-0.4, -0.2) is 7.05 Å². The molecular weight excluding hydrogens is 301 g/mol. The van der Waals surface area contributed by atoms with Crippen LogP contribution in [-0.2, 0) is 0 Å². The van der Waals surface area contributed by atoms with E-state index in [0.717, 1.165) is 5.56 Å². The average molecular weight is 312 g/mol. The lowest BCUT2D eigenvalue weighted by molar-refractivity contribution is 0.622. The SMILES string of the molecule is CNN(PI)c1c(C)cccc1F. The number of hydrazine groups is 1. The Morgan fingerprint density at radius 2 is 2.23 bits per heavy atom. The second-order valence-electron chi connectivity index (χ2n) is 2.55. The van der Waals surface area contributed by atoms with E-state index in [1.165, 1.54) is 6.07 Å². The van der Waals surface area contributed by atoms with Crippen molar-refractivity contribution >= 4 is 34.1 Å². The van der Waals surface area contributed by atoms with Crippen LogP contribution in [0.15, 0.2) is 18.2 Å². The summed E-state index contributed by atoms with van der Waals surface area (Å²) in [4.78, 5) is 0. The Bertz CT molecular complexity index is 271. The minimum absolute atomic E-state index is 0.182. The van der Waals surface area contributed by atoms with E-state index in [-0.39, 0.29) is 5.82 Å². The molecule has 5 heteroatoms. The molecule has 0 amide bonds. The highest BCUT2D eigenvalue weighted by atomic mass is 127. The highest BCUT2D eigenvalue weighted by Crippen LogP contribution is 2.34. The summed E-state index contributed by atoms with van der Waals surface area (Å²) in [7, 11) is 1.79. The van der Waals surface area contributed by atoms with Gasteiger partial charge in [-0.15, -0.1) is 0 Å². The zero-order valence-corrected chi connectivity index (χ0v) is 10.6. The summed E-state index contributed by atoms with van der Waals surface area (Å²) < 4.78 is 15.2. The summed E-state index contributed by atoms with van der Waals surface area (Å²) in [6.07, 6.45) is 0.471. The average Bonchev–Trinajstić information content (AvgIpc) is 2.11. The molecule has 0 heterocycles. The molecule has 0 spiro atoms. The molecule has 13 heavy (non-hydrogen) atoms. The van der Waals surface area contributed by atoms with Crippen molar-refractivity contribution < 1.29 is 4.39 Å². The lowest BCUT2D eigenvalue weighted by Gasteiger charge is -2.22. The van der Waals surface area contributed by atoms with Gasteiger partial charge in [-0.25, -0.2) is 9.82 Å². The Labute approximate surface area is 92.2 Å². The van der Waals surface area contributed by atoms with Gasteiger partial charge in [0.25, 0.3) is 0 Å². The van der Waals surface area contributed by atoms with Crippen LogP contribution in [0.4, 0.5) is 10.1 Å². The van der Waals surface area contributed by atoms with Crippen LogP contribution >= 0.6 is 28.4 Å². The lowest BCUT2D eigenvalue weighted by Crippen LogP contribution is -2.26. The molecule has 1 rings (SSSR count). The number of rotatable bonds is 3. The van der Waals surface area contributed by atoms with Gasteiger partial charge in [0, 0.05) is 7.05 Å². The van der Waals surface area contributed by atoms with Gasteiger partial charge in [-0.2, -0.15) is 0 Å². The van der Waals surface area contributed by atoms with Crippen LogP contribution in [0, 0.1) is 12.7 Å². The second-order valence-corrected chi connectivity index (χ2v) is 4.61. The predicted molar refractivity (Wildman–Crippen MR) is 65.0 cm³/mol. The maximum atomic E-state index is 13.4. The van der Waals surface area contributed by atoms with Gasteiger partial charge in [0.15, 0.2) is 0 Å². The molecule has 1 aromatic carbocycles. The van der Waals surface area contributed by atoms with Crippen LogP contribution in [0.2, 0.25) is 0 Å². The van der Waals surface area contributed by atoms with Crippen molar-refractivity contribution in [1.29, 1.82) is 0 Å². The first-order valence-corrected chi connectivity index (χ1v) is 7.85. The zero-order valence-electron chi connectivity index (χ0n) is 7.44. The Morgan fingerprint density at radius 3 is 2.69 bits per heavy atom. The Kier molecular flexibility index (Phi) is 4.35. The number of nitrogens with zero attached hydrogens (tertiary/aromatic N) is 1. The highest BCUT2D eigenvalue weighted by Gasteiger charge is 2.11. The van der Waals surface area contributed by atoms with E-state index < -0.39 is 0 Å². The van der Waals surface area contributed by atoms with Crippen LogP contribution in [0.1, 0.15) is 5.56 Å². The summed E-state index contributed by atoms with van der Waals surface area (Å²) in [6.45, 7) is 1.90. The van der Waals surface area contributed by atoms with Gasteiger partial charge >= 0.3 is 0 Å². The molecule has 0 saturated carbocycles. The first kappa shape index (κ1) is 11.1. The van der Waals surface area contributed by atoms with Crippen molar-refractivity contribution in [3.63, 3.8) is 0 Å². The van der Waals surface area contributed by atoms with Gasteiger partial charge in [0.1, 0.15) is 5.82 Å². The van der Waals surface area contributed by atoms with E-state index in [9.17, 15) is 4.39 Å². The molecule has 0 bridgehead atoms. The Balaban J connectivity index is 3.10. The molecule has 0 saturated heterocycles. The van der Waals surface area contributed by atoms with E-state index in [0.29, 0.717) is 12.1 Å². The molecule has 2 nitrogen and oxygen atoms in total. The molecule has 0 fully saturated rings. The number of benzene rings is 1. The van der Waals surface area contributed by atoms with Crippen molar-refractivity contribution in [3.05, 3.63) is 29.6 Å². The minimum Gasteiger partial charge on any atom is -0.278 e. The zero-order chi connectivity index (χ0) is 9.84. The lowest BCUT2D eigenvalue weighted by atomic mass is 10.2. The number of halogens is 2. The van der Waals surface area contributed by atoms with E-state index >= 15 is 0 Å². The molecule has 0 radical (unpaired) electrons. The maximum absolute atomic E-state index is 13.4. The van der Waals surface area contributed by atoms with Gasteiger partial charge in [0.05, 0.1) is 12.1 Å². The summed E-state index contributed by atoms with van der Waals surface area (Å²) in [5.74, 6) is -0.182. The molecular formula is C8H11FIN2P. The molecule has 1 N–H and O–H groups in total. The van der Waals surface area contributed by atoms with Gasteiger partial charge in [-0.05, 0) is 40.6 Å². The van der Waals surface area contributed by atoms with Crippen molar-refractivity contribution in [2.24, 2.45) is 0 Å². The number of hydrogen-bond acceptors (Lipinski definition) is 2. The van der Waals surface area contributed by atoms with Gasteiger partial charge < -0.3 is 0 Å². The molecule has 0 aliphatic heterocycles. The van der Waals surface area contributed by atoms with Crippen molar-refractivity contribution in [1.82, 2.24) is 5.43 Å². The van der Waals surface area contributed by atoms with Crippen molar-refractivity contribution in [2.45, 2.75) is 6.92 Å². The monoisotopic (exact) mass is 312 g/mol. The van der Waals surface area contributed by atoms with Gasteiger partial charge in [-0.3, -0.25) is 4.78 Å². The largest absolute Gasteiger partial charge is 0.278 e. The molecule has 1 aromatic rings. The number of anilines is 1. The topological polar surface area (TPSA) is 15.3 Å². The van der Waals surface area contributed by atoms with E-state index in [4.69, 9.17) is 0 Å². The van der Waals surface area contributed by atoms with E-state index in [1.54, 1.807) is 17.9 Å². The first-order chi connectivity index (χ1) is 6.20. The van der Waals surface area contributed by atoms with Gasteiger partial charge in [-0.1, -0.05) is 12.1 Å². The van der Waals surface area contributed by atoms with E-state index in [1.807, 2.05) is 13.0 Å². The quantitative estimate of drug-likeness (QED) is 0.524. The first-order valence-electron chi connectivity index (χ1n) is 3.79. The van der Waals surface area contributed by atoms with Crippen LogP contribution in [0.5, 0.6) is 0 Å². The second kappa shape index (κ2) is 5.08. The van der Waals surface area contributed by atoms with E-state index in [2.05, 4.69) is 27.5 Å². The Morgan fingerprint density at radius 1 is 1.54 bits per heavy atom. The predicted octanol–water partition coefficient (Wildman–Crippen LogP) is 3.02. The number of hydrogen-bond donors (Lipinski definition) is 1. The molecule has 1 unspecified atom stereocenters. The van der Waals surface area contributed by atoms with Crippen LogP contribution in [0.25, 0.3) is 0 Å². The minimum atomic E-state index is -0.182. The van der Waals surface area contributed by atoms with Crippen LogP contribution in [0.3, 0.4) is 0 Å². The highest BCUT2D eigenvalue weighted by molar-refractivity contribution is 14.2. The molecule has 0 aromatic heterocycles. The molecule has 0 aliphatic carbocycles. The van der Waals surface area contributed by atoms with Crippen molar-refractivity contribution in [2.75, 3.05) is 11.8 Å². The fraction of sp³-hybridized carbons (Fsp3) is 0.250. The van der Waals surface area contributed by atoms with Crippen molar-refractivity contribution in [3.8, 4) is 0 Å². The number of para-hydroxylation sites is 1. The molecule has 1 atom stereocenters. The Hall–Kier alpha value is 0.0700. The maximum Gasteiger partial charge on any atom is 0.148 e. The molecule has 72 valence electrons. The fourth-order valence-electron chi connectivity index (χ4n) is 1.10. The van der Waals surface area contributed by atoms with Gasteiger partial charge in [0.2, 0.25) is 0 Å². The summed E-state index contributed by atoms with van der Waals surface area (Å²) in [5, 5.41) is 0. The third-order valence-electron chi connectivity index (χ3n) is 1.72.